The van der Waals surface area contributed by atoms with Gasteiger partial charge in [0.15, 0.2) is 0 Å². The third-order valence-electron chi connectivity index (χ3n) is 25.1. The van der Waals surface area contributed by atoms with Gasteiger partial charge in [0.25, 0.3) is 59.1 Å². The Morgan fingerprint density at radius 1 is 0.304 bits per heavy atom. The van der Waals surface area contributed by atoms with Crippen LogP contribution in [0.3, 0.4) is 0 Å². The van der Waals surface area contributed by atoms with E-state index in [1.165, 1.54) is 0 Å². The standard InChI is InChI=1S/C18H21N3O3.C18H20N2O4.C17H19N3O3.C17H21N3O2.C17H18N2O4.C17H20N2O3/c1-10(2)19-13-7-5-6-12-14(13)16(23)21(15(12)22)18(4)9-8-11(3)20-17(18)24;1-10(2)24-13-7-5-6-12-14(13)16(22)20(15(12)21)18(4)9-8-11(3)19-17(18)23;1-9(2)18-12-6-4-5-11-14(12)17(23)20(16(11)22)13-8-7-10(3)19-15(13)21;1-10(2)18-14-6-4-5-12-13(14)9-20(17(12)22)15-8-7-11(3)19-16(15)21;1-9(2)23-13-6-4-5-11-14(13)17(22)19(16(11)21)12-8-7-10(3)18-15(12)20;1-10(2)22-15-6-4-5-12-13(15)9-19(17(12)21)14-8-7-11(3)18-16(14)20/h5-7,10,19H,3,8-9H2,1-2,4H3,(H,20,24);5-7,10H,3,8-9H2,1-2,4H3,(H,19,23);4-6,9,13,18H,3,7-8H2,1-2H3,(H,19,21);4-6,10,15,18H,3,7-9H2,1-2H3,(H,19,21);4-6,9,12H,3,7-8H2,1-2H3,(H,18,20);4-6,10,14H,3,7-9H2,1-2H3,(H,18,20). The minimum absolute atomic E-state index is 0.0388. The second kappa shape index (κ2) is 40.8. The zero-order valence-electron chi connectivity index (χ0n) is 80.2. The summed E-state index contributed by atoms with van der Waals surface area (Å²) in [6.07, 6.45) is 6.11. The van der Waals surface area contributed by atoms with Crippen molar-refractivity contribution in [2.45, 2.75) is 259 Å². The van der Waals surface area contributed by atoms with Gasteiger partial charge in [-0.2, -0.15) is 0 Å². The van der Waals surface area contributed by atoms with Crippen molar-refractivity contribution in [3.05, 3.63) is 250 Å². The number of allylic oxidation sites excluding steroid dienone is 6. The van der Waals surface area contributed by atoms with Crippen molar-refractivity contribution in [3.8, 4) is 17.2 Å². The van der Waals surface area contributed by atoms with Gasteiger partial charge in [-0.15, -0.1) is 0 Å². The highest BCUT2D eigenvalue weighted by atomic mass is 16.5. The molecule has 6 saturated heterocycles. The van der Waals surface area contributed by atoms with Crippen LogP contribution in [0.1, 0.15) is 289 Å². The van der Waals surface area contributed by atoms with Crippen LogP contribution in [0, 0.1) is 0 Å². The van der Waals surface area contributed by atoms with E-state index in [9.17, 15) is 76.7 Å². The van der Waals surface area contributed by atoms with Gasteiger partial charge in [-0.1, -0.05) is 75.9 Å². The van der Waals surface area contributed by atoms with E-state index in [0.717, 1.165) is 47.9 Å². The molecule has 0 radical (unpaired) electrons. The SMILES string of the molecule is C=C1CCC(C)(N2C(=O)c3cccc(NC(C)C)c3C2=O)C(=O)N1.C=C1CCC(C)(N2C(=O)c3cccc(OC(C)C)c3C2=O)C(=O)N1.C=C1CCC(N2C(=O)c3cccc(NC(C)C)c3C2=O)C(=O)N1.C=C1CCC(N2C(=O)c3cccc(OC(C)C)c3C2=O)C(=O)N1.C=C1CCC(N2Cc3c(NC(C)C)cccc3C2=O)C(=O)N1.C=C1CCC(N2Cc3c(OC(C)C)cccc3C2=O)C(=O)N1. The van der Waals surface area contributed by atoms with Gasteiger partial charge in [-0.3, -0.25) is 96.3 Å². The van der Waals surface area contributed by atoms with Gasteiger partial charge in [0.1, 0.15) is 52.5 Å². The lowest BCUT2D eigenvalue weighted by molar-refractivity contribution is -0.131. The molecule has 6 atom stereocenters. The number of rotatable bonds is 18. The number of ether oxygens (including phenoxy) is 3. The minimum atomic E-state index is -1.23. The molecule has 9 N–H and O–H groups in total. The van der Waals surface area contributed by atoms with E-state index in [1.807, 2.05) is 99.6 Å². The zero-order chi connectivity index (χ0) is 100. The summed E-state index contributed by atoms with van der Waals surface area (Å²) in [7, 11) is 0. The second-order valence-electron chi connectivity index (χ2n) is 37.8. The molecule has 0 bridgehead atoms. The van der Waals surface area contributed by atoms with Crippen LogP contribution in [0.25, 0.3) is 0 Å². The lowest BCUT2D eigenvalue weighted by Crippen LogP contribution is -2.60. The fourth-order valence-corrected chi connectivity index (χ4v) is 18.4. The van der Waals surface area contributed by atoms with Crippen LogP contribution in [0.5, 0.6) is 17.2 Å². The van der Waals surface area contributed by atoms with Crippen molar-refractivity contribution in [1.29, 1.82) is 0 Å². The number of hydrogen-bond acceptors (Lipinski definition) is 22. The van der Waals surface area contributed by atoms with E-state index in [-0.39, 0.29) is 106 Å². The molecule has 16 amide bonds. The highest BCUT2D eigenvalue weighted by molar-refractivity contribution is 6.28. The van der Waals surface area contributed by atoms with Crippen LogP contribution >= 0.6 is 0 Å². The largest absolute Gasteiger partial charge is 0.491 e. The molecular weight excluding hydrogens is 1760 g/mol. The Kier molecular flexibility index (Phi) is 29.7. The molecule has 138 heavy (non-hydrogen) atoms. The van der Waals surface area contributed by atoms with Crippen LogP contribution in [0.4, 0.5) is 17.1 Å². The van der Waals surface area contributed by atoms with Crippen molar-refractivity contribution in [3.63, 3.8) is 0 Å². The van der Waals surface area contributed by atoms with Gasteiger partial charge in [0.2, 0.25) is 35.4 Å². The summed E-state index contributed by atoms with van der Waals surface area (Å²) in [5.41, 5.74) is 9.24. The lowest BCUT2D eigenvalue weighted by atomic mass is 9.88. The van der Waals surface area contributed by atoms with E-state index < -0.39 is 82.5 Å². The van der Waals surface area contributed by atoms with Gasteiger partial charge in [0.05, 0.1) is 69.4 Å². The summed E-state index contributed by atoms with van der Waals surface area (Å²) in [5.74, 6) is -4.01. The van der Waals surface area contributed by atoms with Gasteiger partial charge in [-0.25, -0.2) is 0 Å². The number of carbonyl (C=O) groups excluding carboxylic acids is 16. The highest BCUT2D eigenvalue weighted by Crippen LogP contribution is 2.44. The molecule has 6 aromatic rings. The van der Waals surface area contributed by atoms with Crippen LogP contribution < -0.4 is 62.1 Å². The summed E-state index contributed by atoms with van der Waals surface area (Å²) in [5, 5.41) is 25.8. The van der Waals surface area contributed by atoms with Crippen LogP contribution in [-0.4, -0.2) is 196 Å². The quantitative estimate of drug-likeness (QED) is 0.0361. The molecule has 0 spiro atoms. The van der Waals surface area contributed by atoms with E-state index in [2.05, 4.69) is 101 Å². The van der Waals surface area contributed by atoms with E-state index in [0.29, 0.717) is 175 Å². The summed E-state index contributed by atoms with van der Waals surface area (Å²) in [4.78, 5) is 209. The first-order valence-electron chi connectivity index (χ1n) is 46.4. The number of imide groups is 4. The van der Waals surface area contributed by atoms with Crippen molar-refractivity contribution in [1.82, 2.24) is 61.3 Å². The summed E-state index contributed by atoms with van der Waals surface area (Å²) < 4.78 is 17.1. The zero-order valence-corrected chi connectivity index (χ0v) is 80.2. The molecule has 0 saturated carbocycles. The lowest BCUT2D eigenvalue weighted by Gasteiger charge is -2.39. The Labute approximate surface area is 801 Å². The normalized spacial score (nSPS) is 21.9. The van der Waals surface area contributed by atoms with Gasteiger partial charge < -0.3 is 71.9 Å². The highest BCUT2D eigenvalue weighted by Gasteiger charge is 2.56. The minimum Gasteiger partial charge on any atom is -0.491 e. The molecule has 0 aromatic heterocycles. The average Bonchev–Trinajstić information content (AvgIpc) is 1.58. The number of nitrogens with zero attached hydrogens (tertiary/aromatic N) is 6. The van der Waals surface area contributed by atoms with Crippen molar-refractivity contribution in [2.24, 2.45) is 0 Å². The third-order valence-corrected chi connectivity index (χ3v) is 25.1. The number of anilines is 3. The summed E-state index contributed by atoms with van der Waals surface area (Å²) >= 11 is 0. The number of hydrogen-bond donors (Lipinski definition) is 9. The first-order valence-corrected chi connectivity index (χ1v) is 46.4. The first-order chi connectivity index (χ1) is 65.2. The predicted octanol–water partition coefficient (Wildman–Crippen LogP) is 12.8. The number of benzene rings is 6. The second-order valence-corrected chi connectivity index (χ2v) is 37.8. The maximum atomic E-state index is 13.0. The molecule has 6 fully saturated rings. The smallest absolute Gasteiger partial charge is 0.266 e. The topological polar surface area (TPSA) is 429 Å². The number of nitrogens with one attached hydrogen (secondary N) is 9. The van der Waals surface area contributed by atoms with Crippen molar-refractivity contribution in [2.75, 3.05) is 16.0 Å². The number of fused-ring (bicyclic) bond motifs is 6. The Bertz CT molecular complexity index is 5810. The maximum absolute atomic E-state index is 13.0. The number of amides is 16. The fourth-order valence-electron chi connectivity index (χ4n) is 18.4. The molecule has 0 aliphatic carbocycles. The molecule has 12 aliphatic rings. The van der Waals surface area contributed by atoms with Crippen molar-refractivity contribution < 1.29 is 90.9 Å². The monoisotopic (exact) mass is 1880 g/mol. The molecule has 12 heterocycles. The molecular formula is C104H119N15O19. The molecule has 724 valence electrons. The van der Waals surface area contributed by atoms with Crippen molar-refractivity contribution >= 4 is 112 Å². The van der Waals surface area contributed by atoms with E-state index in [4.69, 9.17) is 14.2 Å². The first kappa shape index (κ1) is 100. The summed E-state index contributed by atoms with van der Waals surface area (Å²) in [6.45, 7) is 49.9. The van der Waals surface area contributed by atoms with Gasteiger partial charge in [-0.05, 0) is 247 Å². The molecule has 6 aromatic carbocycles. The Morgan fingerprint density at radius 2 is 0.587 bits per heavy atom. The molecule has 34 nitrogen and oxygen atoms in total. The molecule has 34 heteroatoms. The predicted molar refractivity (Wildman–Crippen MR) is 515 cm³/mol. The Hall–Kier alpha value is -15.1. The molecule has 6 unspecified atom stereocenters. The van der Waals surface area contributed by atoms with E-state index in [1.54, 1.807) is 103 Å². The Morgan fingerprint density at radius 3 is 0.964 bits per heavy atom. The fraction of sp³-hybridized carbons (Fsp3) is 0.385. The van der Waals surface area contributed by atoms with E-state index >= 15 is 0 Å². The van der Waals surface area contributed by atoms with Gasteiger partial charge >= 0.3 is 0 Å². The van der Waals surface area contributed by atoms with Crippen LogP contribution in [0.2, 0.25) is 0 Å². The Balaban J connectivity index is 0.000000140. The molecule has 18 rings (SSSR count). The van der Waals surface area contributed by atoms with Gasteiger partial charge in [0, 0.05) is 98.2 Å². The van der Waals surface area contributed by atoms with Crippen LogP contribution in [0.15, 0.2) is 183 Å². The maximum Gasteiger partial charge on any atom is 0.266 e. The average molecular weight is 1880 g/mol. The van der Waals surface area contributed by atoms with Crippen LogP contribution in [-0.2, 0) is 41.9 Å². The number of piperidine rings is 6. The third kappa shape index (κ3) is 20.3. The molecule has 12 aliphatic heterocycles. The summed E-state index contributed by atoms with van der Waals surface area (Å²) in [6, 6.07) is 29.4. The number of carbonyl (C=O) groups is 16.